The molecule has 3 nitrogen and oxygen atoms in total. The average Bonchev–Trinajstić information content (AvgIpc) is 2.98. The van der Waals surface area contributed by atoms with Crippen molar-refractivity contribution < 1.29 is 64.4 Å². The molecule has 1 heterocycles. The van der Waals surface area contributed by atoms with Crippen LogP contribution in [-0.4, -0.2) is 13.2 Å². The molecule has 1 fully saturated rings. The average molecular weight is 729 g/mol. The van der Waals surface area contributed by atoms with Crippen LogP contribution in [0.1, 0.15) is 30.3 Å². The Labute approximate surface area is 271 Å². The molecule has 16 heteroatoms. The summed E-state index contributed by atoms with van der Waals surface area (Å²) in [4.78, 5) is -3.56. The molecular formula is C33H24F12O3S. The van der Waals surface area contributed by atoms with Gasteiger partial charge in [0.25, 0.3) is 0 Å². The quantitative estimate of drug-likeness (QED) is 0.120. The summed E-state index contributed by atoms with van der Waals surface area (Å²) in [6, 6.07) is 8.00. The van der Waals surface area contributed by atoms with E-state index in [1.807, 2.05) is 0 Å². The molecule has 0 unspecified atom stereocenters. The topological polar surface area (TPSA) is 27.7 Å². The maximum Gasteiger partial charge on any atom is 0.429 e. The van der Waals surface area contributed by atoms with Crippen LogP contribution in [0.2, 0.25) is 0 Å². The van der Waals surface area contributed by atoms with Gasteiger partial charge in [-0.25, -0.2) is 22.0 Å². The fourth-order valence-corrected chi connectivity index (χ4v) is 6.03. The lowest BCUT2D eigenvalue weighted by molar-refractivity contribution is -0.205. The Balaban J connectivity index is 1.33. The van der Waals surface area contributed by atoms with Gasteiger partial charge >= 0.3 is 16.3 Å². The minimum absolute atomic E-state index is 0.00584. The summed E-state index contributed by atoms with van der Waals surface area (Å²) in [7, 11) is -10.9. The Bertz CT molecular complexity index is 1880. The second-order valence-corrected chi connectivity index (χ2v) is 13.5. The lowest BCUT2D eigenvalue weighted by Gasteiger charge is -2.40. The van der Waals surface area contributed by atoms with Gasteiger partial charge in [0, 0.05) is 34.7 Å². The van der Waals surface area contributed by atoms with Gasteiger partial charge in [0.2, 0.25) is 0 Å². The van der Waals surface area contributed by atoms with Gasteiger partial charge in [-0.1, -0.05) is 55.8 Å². The molecule has 0 bridgehead atoms. The molecule has 0 atom stereocenters. The number of ether oxygens (including phenoxy) is 3. The molecule has 1 saturated heterocycles. The Morgan fingerprint density at radius 3 is 1.76 bits per heavy atom. The smallest absolute Gasteiger partial charge is 0.429 e. The summed E-state index contributed by atoms with van der Waals surface area (Å²) < 4.78 is 182. The van der Waals surface area contributed by atoms with Gasteiger partial charge < -0.3 is 14.2 Å². The highest BCUT2D eigenvalue weighted by molar-refractivity contribution is 8.45. The number of halogens is 12. The zero-order chi connectivity index (χ0) is 36.0. The third kappa shape index (κ3) is 8.02. The Kier molecular flexibility index (Phi) is 9.08. The first-order valence-corrected chi connectivity index (χ1v) is 16.2. The fourth-order valence-electron chi connectivity index (χ4n) is 5.17. The van der Waals surface area contributed by atoms with Crippen molar-refractivity contribution in [1.29, 1.82) is 0 Å². The Hall–Kier alpha value is -4.15. The van der Waals surface area contributed by atoms with Crippen molar-refractivity contribution in [3.05, 3.63) is 120 Å². The summed E-state index contributed by atoms with van der Waals surface area (Å²) in [5.74, 6) is -10.8. The first kappa shape index (κ1) is 36.1. The van der Waals surface area contributed by atoms with E-state index in [9.17, 15) is 41.4 Å². The lowest BCUT2D eigenvalue weighted by atomic mass is 9.97. The minimum Gasteiger partial charge on any atom is -0.429 e. The van der Waals surface area contributed by atoms with E-state index in [0.717, 1.165) is 31.0 Å². The molecule has 0 N–H and O–H groups in total. The van der Waals surface area contributed by atoms with Crippen LogP contribution < -0.4 is 4.74 Å². The van der Waals surface area contributed by atoms with Crippen LogP contribution in [0.25, 0.3) is 22.3 Å². The summed E-state index contributed by atoms with van der Waals surface area (Å²) >= 11 is 0. The van der Waals surface area contributed by atoms with Crippen molar-refractivity contribution in [3.63, 3.8) is 0 Å². The summed E-state index contributed by atoms with van der Waals surface area (Å²) in [6.45, 7) is 4.48. The fraction of sp³-hybridized carbons (Fsp3) is 0.212. The Morgan fingerprint density at radius 2 is 1.24 bits per heavy atom. The number of hydrogen-bond acceptors (Lipinski definition) is 3. The normalized spacial score (nSPS) is 18.4. The van der Waals surface area contributed by atoms with E-state index >= 15 is 8.78 Å². The molecule has 264 valence electrons. The predicted molar refractivity (Wildman–Crippen MR) is 157 cm³/mol. The first-order valence-electron chi connectivity index (χ1n) is 14.2. The molecule has 5 rings (SSSR count). The van der Waals surface area contributed by atoms with Gasteiger partial charge in [-0.15, -0.1) is 6.58 Å². The maximum absolute atomic E-state index is 15.2. The van der Waals surface area contributed by atoms with Crippen molar-refractivity contribution in [1.82, 2.24) is 0 Å². The predicted octanol–water partition coefficient (Wildman–Crippen LogP) is 12.1. The Morgan fingerprint density at radius 1 is 0.714 bits per heavy atom. The number of benzene rings is 4. The largest absolute Gasteiger partial charge is 0.429 e. The van der Waals surface area contributed by atoms with Crippen LogP contribution in [0, 0.1) is 35.0 Å². The molecule has 4 aromatic rings. The van der Waals surface area contributed by atoms with Crippen LogP contribution in [0.4, 0.5) is 50.2 Å². The molecule has 0 spiro atoms. The molecule has 0 radical (unpaired) electrons. The molecule has 0 aromatic heterocycles. The number of allylic oxidation sites excluding steroid dienone is 1. The van der Waals surface area contributed by atoms with Gasteiger partial charge in [0.15, 0.2) is 22.8 Å². The van der Waals surface area contributed by atoms with E-state index in [0.29, 0.717) is 30.9 Å². The summed E-state index contributed by atoms with van der Waals surface area (Å²) in [5, 5.41) is 0. The van der Waals surface area contributed by atoms with Crippen molar-refractivity contribution in [3.8, 4) is 28.0 Å². The van der Waals surface area contributed by atoms with E-state index in [-0.39, 0.29) is 28.2 Å². The molecule has 4 aromatic carbocycles. The van der Waals surface area contributed by atoms with Gasteiger partial charge in [-0.2, -0.15) is 8.78 Å². The molecule has 1 aliphatic heterocycles. The second kappa shape index (κ2) is 12.3. The number of rotatable bonds is 10. The number of hydrogen-bond donors (Lipinski definition) is 0. The highest BCUT2D eigenvalue weighted by atomic mass is 32.5. The van der Waals surface area contributed by atoms with Crippen LogP contribution >= 0.6 is 10.2 Å². The van der Waals surface area contributed by atoms with E-state index in [1.54, 1.807) is 12.1 Å². The van der Waals surface area contributed by atoms with Crippen molar-refractivity contribution in [2.24, 2.45) is 5.92 Å². The molecule has 49 heavy (non-hydrogen) atoms. The van der Waals surface area contributed by atoms with Crippen molar-refractivity contribution in [2.45, 2.75) is 30.1 Å². The third-order valence-electron chi connectivity index (χ3n) is 7.49. The van der Waals surface area contributed by atoms with Crippen LogP contribution in [0.3, 0.4) is 0 Å². The monoisotopic (exact) mass is 728 g/mol. The lowest BCUT2D eigenvalue weighted by Crippen LogP contribution is -2.27. The number of alkyl halides is 2. The first-order chi connectivity index (χ1) is 22.7. The SMILES string of the molecule is C=CCCC1COC(c2ccc(-c3ccc(-c4ccc(C(F)(F)Oc5cc(F)c(S(F)(F)(F)(F)F)c(F)c5)c(F)c4)c(F)c3)c(F)c2)OC1. The van der Waals surface area contributed by atoms with Gasteiger partial charge in [0.05, 0.1) is 18.8 Å². The molecule has 0 amide bonds. The van der Waals surface area contributed by atoms with Gasteiger partial charge in [-0.05, 0) is 48.2 Å². The van der Waals surface area contributed by atoms with Gasteiger partial charge in [0.1, 0.15) is 23.2 Å². The maximum atomic E-state index is 15.2. The van der Waals surface area contributed by atoms with Crippen LogP contribution in [0.15, 0.2) is 84.3 Å². The van der Waals surface area contributed by atoms with E-state index in [2.05, 4.69) is 11.3 Å². The minimum atomic E-state index is -10.9. The molecule has 1 aliphatic rings. The van der Waals surface area contributed by atoms with E-state index in [4.69, 9.17) is 9.47 Å². The van der Waals surface area contributed by atoms with Gasteiger partial charge in [-0.3, -0.25) is 0 Å². The molecule has 0 saturated carbocycles. The zero-order valence-electron chi connectivity index (χ0n) is 24.8. The van der Waals surface area contributed by atoms with E-state index < -0.39 is 80.0 Å². The molecule has 0 aliphatic carbocycles. The van der Waals surface area contributed by atoms with Crippen LogP contribution in [-0.2, 0) is 15.6 Å². The summed E-state index contributed by atoms with van der Waals surface area (Å²) in [6.07, 6.45) is -2.20. The second-order valence-electron chi connectivity index (χ2n) is 11.2. The van der Waals surface area contributed by atoms with E-state index in [1.165, 1.54) is 18.2 Å². The zero-order valence-corrected chi connectivity index (χ0v) is 25.6. The van der Waals surface area contributed by atoms with Crippen molar-refractivity contribution in [2.75, 3.05) is 13.2 Å². The van der Waals surface area contributed by atoms with Crippen molar-refractivity contribution >= 4 is 10.2 Å². The highest BCUT2D eigenvalue weighted by Gasteiger charge is 2.69. The standard InChI is InChI=1S/C33H24F12O3S/c1-2-3-4-18-16-46-32(47-17-18)21-6-9-24(27(35)13-21)19-5-8-23(26(34)11-19)20-7-10-25(28(36)12-20)33(39,40)48-22-14-29(37)31(30(38)15-22)49(41,42,43,44)45/h2,5-15,18,32H,1,3-4,16-17H2. The third-order valence-corrected chi connectivity index (χ3v) is 8.65. The molecular weight excluding hydrogens is 704 g/mol. The summed E-state index contributed by atoms with van der Waals surface area (Å²) in [5.41, 5.74) is -1.71. The van der Waals surface area contributed by atoms with Crippen LogP contribution in [0.5, 0.6) is 5.75 Å². The highest BCUT2D eigenvalue weighted by Crippen LogP contribution is 3.02.